The number of nitrogens with one attached hydrogen (secondary N) is 1. The SMILES string of the molecule is Cn1c(SCC(=O)NCc2ccccc2)nnc1-c1cccs1. The van der Waals surface area contributed by atoms with Gasteiger partial charge in [0.05, 0.1) is 10.6 Å². The van der Waals surface area contributed by atoms with Gasteiger partial charge < -0.3 is 9.88 Å². The summed E-state index contributed by atoms with van der Waals surface area (Å²) in [6.07, 6.45) is 0. The molecule has 0 saturated carbocycles. The summed E-state index contributed by atoms with van der Waals surface area (Å²) in [6.45, 7) is 0.541. The van der Waals surface area contributed by atoms with Crippen molar-refractivity contribution in [2.75, 3.05) is 5.75 Å². The highest BCUT2D eigenvalue weighted by Gasteiger charge is 2.13. The second kappa shape index (κ2) is 7.43. The van der Waals surface area contributed by atoms with Crippen molar-refractivity contribution in [2.45, 2.75) is 11.7 Å². The molecule has 1 amide bonds. The lowest BCUT2D eigenvalue weighted by molar-refractivity contribution is -0.118. The van der Waals surface area contributed by atoms with E-state index in [-0.39, 0.29) is 5.91 Å². The Morgan fingerprint density at radius 2 is 2.04 bits per heavy atom. The molecule has 118 valence electrons. The molecule has 5 nitrogen and oxygen atoms in total. The van der Waals surface area contributed by atoms with Crippen molar-refractivity contribution in [3.05, 3.63) is 53.4 Å². The van der Waals surface area contributed by atoms with Crippen molar-refractivity contribution in [1.82, 2.24) is 20.1 Å². The lowest BCUT2D eigenvalue weighted by Crippen LogP contribution is -2.24. The molecular formula is C16H16N4OS2. The Bertz CT molecular complexity index is 769. The van der Waals surface area contributed by atoms with Crippen molar-refractivity contribution in [3.8, 4) is 10.7 Å². The van der Waals surface area contributed by atoms with Gasteiger partial charge in [-0.05, 0) is 17.0 Å². The van der Waals surface area contributed by atoms with Gasteiger partial charge in [-0.15, -0.1) is 21.5 Å². The van der Waals surface area contributed by atoms with Crippen LogP contribution >= 0.6 is 23.1 Å². The van der Waals surface area contributed by atoms with Crippen LogP contribution < -0.4 is 5.32 Å². The number of carbonyl (C=O) groups is 1. The summed E-state index contributed by atoms with van der Waals surface area (Å²) in [7, 11) is 1.92. The zero-order chi connectivity index (χ0) is 16.1. The van der Waals surface area contributed by atoms with Crippen molar-refractivity contribution >= 4 is 29.0 Å². The second-order valence-corrected chi connectivity index (χ2v) is 6.78. The van der Waals surface area contributed by atoms with Crippen LogP contribution in [-0.4, -0.2) is 26.4 Å². The number of benzene rings is 1. The van der Waals surface area contributed by atoms with Gasteiger partial charge in [0.1, 0.15) is 0 Å². The Hall–Kier alpha value is -2.12. The molecule has 0 radical (unpaired) electrons. The Balaban J connectivity index is 1.53. The molecular weight excluding hydrogens is 328 g/mol. The summed E-state index contributed by atoms with van der Waals surface area (Å²) in [5, 5.41) is 14.0. The van der Waals surface area contributed by atoms with E-state index < -0.39 is 0 Å². The average Bonchev–Trinajstić information content (AvgIpc) is 3.22. The fourth-order valence-corrected chi connectivity index (χ4v) is 3.52. The third kappa shape index (κ3) is 4.00. The van der Waals surface area contributed by atoms with Crippen molar-refractivity contribution < 1.29 is 4.79 Å². The number of hydrogen-bond donors (Lipinski definition) is 1. The number of rotatable bonds is 6. The molecule has 0 fully saturated rings. The van der Waals surface area contributed by atoms with Gasteiger partial charge in [0.15, 0.2) is 11.0 Å². The lowest BCUT2D eigenvalue weighted by Gasteiger charge is -2.05. The molecule has 2 heterocycles. The van der Waals surface area contributed by atoms with Gasteiger partial charge in [-0.2, -0.15) is 0 Å². The van der Waals surface area contributed by atoms with Crippen LogP contribution in [0.4, 0.5) is 0 Å². The van der Waals surface area contributed by atoms with Crippen molar-refractivity contribution in [2.24, 2.45) is 7.05 Å². The predicted octanol–water partition coefficient (Wildman–Crippen LogP) is 2.95. The quantitative estimate of drug-likeness (QED) is 0.699. The lowest BCUT2D eigenvalue weighted by atomic mass is 10.2. The van der Waals surface area contributed by atoms with E-state index in [0.29, 0.717) is 12.3 Å². The van der Waals surface area contributed by atoms with E-state index in [1.54, 1.807) is 11.3 Å². The van der Waals surface area contributed by atoms with Crippen molar-refractivity contribution in [3.63, 3.8) is 0 Å². The first-order valence-electron chi connectivity index (χ1n) is 7.11. The van der Waals surface area contributed by atoms with E-state index in [1.807, 2.05) is 59.5 Å². The van der Waals surface area contributed by atoms with Crippen LogP contribution in [-0.2, 0) is 18.4 Å². The second-order valence-electron chi connectivity index (χ2n) is 4.89. The van der Waals surface area contributed by atoms with E-state index in [9.17, 15) is 4.79 Å². The molecule has 0 aliphatic carbocycles. The molecule has 2 aromatic heterocycles. The van der Waals surface area contributed by atoms with Gasteiger partial charge in [-0.1, -0.05) is 48.2 Å². The molecule has 3 rings (SSSR count). The van der Waals surface area contributed by atoms with Gasteiger partial charge in [-0.3, -0.25) is 4.79 Å². The maximum atomic E-state index is 11.9. The third-order valence-corrected chi connectivity index (χ3v) is 5.13. The smallest absolute Gasteiger partial charge is 0.230 e. The van der Waals surface area contributed by atoms with Crippen LogP contribution in [0.25, 0.3) is 10.7 Å². The van der Waals surface area contributed by atoms with Gasteiger partial charge in [0.25, 0.3) is 0 Å². The van der Waals surface area contributed by atoms with Crippen LogP contribution in [0.1, 0.15) is 5.56 Å². The first-order chi connectivity index (χ1) is 11.2. The van der Waals surface area contributed by atoms with E-state index in [0.717, 1.165) is 21.4 Å². The third-order valence-electron chi connectivity index (χ3n) is 3.24. The standard InChI is InChI=1S/C16H16N4OS2/c1-20-15(13-8-5-9-22-13)18-19-16(20)23-11-14(21)17-10-12-6-3-2-4-7-12/h2-9H,10-11H2,1H3,(H,17,21). The number of thioether (sulfide) groups is 1. The van der Waals surface area contributed by atoms with E-state index in [4.69, 9.17) is 0 Å². The predicted molar refractivity (Wildman–Crippen MR) is 93.3 cm³/mol. The maximum Gasteiger partial charge on any atom is 0.230 e. The fraction of sp³-hybridized carbons (Fsp3) is 0.188. The highest BCUT2D eigenvalue weighted by molar-refractivity contribution is 7.99. The summed E-state index contributed by atoms with van der Waals surface area (Å²) >= 11 is 3.01. The summed E-state index contributed by atoms with van der Waals surface area (Å²) in [4.78, 5) is 13.0. The molecule has 1 aromatic carbocycles. The molecule has 0 spiro atoms. The largest absolute Gasteiger partial charge is 0.351 e. The Morgan fingerprint density at radius 1 is 1.22 bits per heavy atom. The molecule has 1 N–H and O–H groups in total. The fourth-order valence-electron chi connectivity index (χ4n) is 2.04. The average molecular weight is 344 g/mol. The highest BCUT2D eigenvalue weighted by atomic mass is 32.2. The summed E-state index contributed by atoms with van der Waals surface area (Å²) in [6, 6.07) is 13.9. The van der Waals surface area contributed by atoms with E-state index in [1.165, 1.54) is 11.8 Å². The van der Waals surface area contributed by atoms with Crippen LogP contribution in [0.2, 0.25) is 0 Å². The van der Waals surface area contributed by atoms with Gasteiger partial charge in [0.2, 0.25) is 5.91 Å². The van der Waals surface area contributed by atoms with Gasteiger partial charge in [-0.25, -0.2) is 0 Å². The number of hydrogen-bond acceptors (Lipinski definition) is 5. The van der Waals surface area contributed by atoms with Crippen LogP contribution in [0.15, 0.2) is 53.0 Å². The topological polar surface area (TPSA) is 59.8 Å². The summed E-state index contributed by atoms with van der Waals surface area (Å²) in [5.41, 5.74) is 1.09. The Labute approximate surface area is 142 Å². The maximum absolute atomic E-state index is 11.9. The van der Waals surface area contributed by atoms with Crippen LogP contribution in [0, 0.1) is 0 Å². The van der Waals surface area contributed by atoms with E-state index >= 15 is 0 Å². The number of aromatic nitrogens is 3. The molecule has 0 aliphatic rings. The summed E-state index contributed by atoms with van der Waals surface area (Å²) in [5.74, 6) is 1.13. The van der Waals surface area contributed by atoms with Crippen molar-refractivity contribution in [1.29, 1.82) is 0 Å². The van der Waals surface area contributed by atoms with Gasteiger partial charge in [0, 0.05) is 13.6 Å². The Kier molecular flexibility index (Phi) is 5.09. The minimum absolute atomic E-state index is 0.0143. The molecule has 0 bridgehead atoms. The van der Waals surface area contributed by atoms with E-state index in [2.05, 4.69) is 15.5 Å². The number of thiophene rings is 1. The summed E-state index contributed by atoms with van der Waals surface area (Å²) < 4.78 is 1.92. The number of nitrogens with zero attached hydrogens (tertiary/aromatic N) is 3. The minimum atomic E-state index is -0.0143. The van der Waals surface area contributed by atoms with Gasteiger partial charge >= 0.3 is 0 Å². The number of carbonyl (C=O) groups excluding carboxylic acids is 1. The molecule has 7 heteroatoms. The number of amides is 1. The first-order valence-corrected chi connectivity index (χ1v) is 8.97. The molecule has 0 saturated heterocycles. The zero-order valence-corrected chi connectivity index (χ0v) is 14.2. The molecule has 0 aliphatic heterocycles. The highest BCUT2D eigenvalue weighted by Crippen LogP contribution is 2.25. The molecule has 23 heavy (non-hydrogen) atoms. The molecule has 3 aromatic rings. The first kappa shape index (κ1) is 15.8. The van der Waals surface area contributed by atoms with Crippen LogP contribution in [0.5, 0.6) is 0 Å². The normalized spacial score (nSPS) is 10.7. The monoisotopic (exact) mass is 344 g/mol. The van der Waals surface area contributed by atoms with Crippen LogP contribution in [0.3, 0.4) is 0 Å². The zero-order valence-electron chi connectivity index (χ0n) is 12.6. The Morgan fingerprint density at radius 3 is 2.78 bits per heavy atom. The minimum Gasteiger partial charge on any atom is -0.351 e. The molecule has 0 unspecified atom stereocenters. The molecule has 0 atom stereocenters.